The van der Waals surface area contributed by atoms with E-state index < -0.39 is 40.8 Å². The number of nitrogens with zero attached hydrogens (tertiary/aromatic N) is 5. The van der Waals surface area contributed by atoms with Crippen LogP contribution in [0.4, 0.5) is 5.82 Å². The molecule has 2 aliphatic heterocycles. The van der Waals surface area contributed by atoms with Gasteiger partial charge in [0.2, 0.25) is 0 Å². The van der Waals surface area contributed by atoms with Crippen LogP contribution in [-0.2, 0) is 4.74 Å². The fraction of sp³-hybridized carbons (Fsp3) is 0.381. The smallest absolute Gasteiger partial charge is 0.261 e. The molecule has 3 aromatic rings. The number of ether oxygens (including phenoxy) is 1. The molecule has 1 saturated carbocycles. The Kier molecular flexibility index (Phi) is 3.43. The summed E-state index contributed by atoms with van der Waals surface area (Å²) in [6.07, 6.45) is 0.584. The van der Waals surface area contributed by atoms with Crippen LogP contribution in [0.25, 0.3) is 11.2 Å². The zero-order valence-corrected chi connectivity index (χ0v) is 17.3. The third-order valence-corrected chi connectivity index (χ3v) is 7.41. The van der Waals surface area contributed by atoms with E-state index in [4.69, 9.17) is 10.5 Å². The lowest BCUT2D eigenvalue weighted by atomic mass is 10.0. The van der Waals surface area contributed by atoms with Gasteiger partial charge >= 0.3 is 0 Å². The molecular formula is C21H20N6O5. The lowest BCUT2D eigenvalue weighted by molar-refractivity contribution is -0.114. The van der Waals surface area contributed by atoms with Crippen molar-refractivity contribution in [1.82, 2.24) is 24.4 Å². The molecule has 2 amide bonds. The number of amides is 2. The van der Waals surface area contributed by atoms with Crippen LogP contribution in [0.15, 0.2) is 36.9 Å². The second kappa shape index (κ2) is 5.68. The predicted octanol–water partition coefficient (Wildman–Crippen LogP) is 0.104. The van der Waals surface area contributed by atoms with Crippen molar-refractivity contribution in [2.24, 2.45) is 5.41 Å². The highest BCUT2D eigenvalue weighted by molar-refractivity contribution is 6.21. The zero-order valence-electron chi connectivity index (χ0n) is 17.3. The van der Waals surface area contributed by atoms with Gasteiger partial charge in [0.05, 0.1) is 24.0 Å². The summed E-state index contributed by atoms with van der Waals surface area (Å²) < 4.78 is 7.59. The van der Waals surface area contributed by atoms with Crippen molar-refractivity contribution in [1.29, 1.82) is 0 Å². The number of rotatable bonds is 3. The predicted molar refractivity (Wildman–Crippen MR) is 109 cm³/mol. The number of imide groups is 1. The minimum Gasteiger partial charge on any atom is -0.383 e. The molecule has 4 atom stereocenters. The van der Waals surface area contributed by atoms with E-state index in [0.29, 0.717) is 22.3 Å². The van der Waals surface area contributed by atoms with Crippen molar-refractivity contribution in [2.45, 2.75) is 37.4 Å². The van der Waals surface area contributed by atoms with Gasteiger partial charge in [-0.1, -0.05) is 26.0 Å². The van der Waals surface area contributed by atoms with Gasteiger partial charge in [0.15, 0.2) is 17.7 Å². The fourth-order valence-electron chi connectivity index (χ4n) is 5.45. The van der Waals surface area contributed by atoms with Crippen LogP contribution in [0.5, 0.6) is 0 Å². The summed E-state index contributed by atoms with van der Waals surface area (Å²) in [5.74, 6) is -0.750. The van der Waals surface area contributed by atoms with Gasteiger partial charge in [-0.2, -0.15) is 0 Å². The number of aromatic nitrogens is 4. The van der Waals surface area contributed by atoms with Gasteiger partial charge in [-0.05, 0) is 12.1 Å². The largest absolute Gasteiger partial charge is 0.383 e. The molecule has 32 heavy (non-hydrogen) atoms. The number of carbonyl (C=O) groups is 2. The molecule has 6 rings (SSSR count). The van der Waals surface area contributed by atoms with Gasteiger partial charge in [-0.3, -0.25) is 19.1 Å². The first kappa shape index (κ1) is 19.3. The third kappa shape index (κ3) is 1.91. The normalized spacial score (nSPS) is 32.4. The van der Waals surface area contributed by atoms with E-state index in [1.165, 1.54) is 17.2 Å². The van der Waals surface area contributed by atoms with E-state index in [-0.39, 0.29) is 12.4 Å². The minimum absolute atomic E-state index is 0.173. The third-order valence-electron chi connectivity index (χ3n) is 7.41. The second-order valence-corrected chi connectivity index (χ2v) is 8.98. The summed E-state index contributed by atoms with van der Waals surface area (Å²) in [6.45, 7) is 3.20. The molecule has 3 aliphatic rings. The Hall–Kier alpha value is -3.41. The molecule has 164 valence electrons. The van der Waals surface area contributed by atoms with Crippen LogP contribution < -0.4 is 5.73 Å². The Morgan fingerprint density at radius 2 is 1.72 bits per heavy atom. The number of hydrogen-bond acceptors (Lipinski definition) is 9. The maximum Gasteiger partial charge on any atom is 0.261 e. The summed E-state index contributed by atoms with van der Waals surface area (Å²) in [6, 6.07) is 6.54. The number of hydrogen-bond donors (Lipinski definition) is 3. The standard InChI is InChI=1S/C21H20N6O5/c1-19(2)20(30)12(7-26-16(28)10-5-3-4-6-11(10)17(26)29)32-18(21(19,20)31)27-9-25-13-14(22)23-8-24-15(13)27/h3-6,8-9,12,18,30-31H,7H2,1-2H3,(H2,22,23,24)/t12-,18-,20-,21+/m1/s1. The molecule has 2 fully saturated rings. The molecule has 0 spiro atoms. The maximum absolute atomic E-state index is 12.8. The Balaban J connectivity index is 1.39. The molecule has 0 unspecified atom stereocenters. The summed E-state index contributed by atoms with van der Waals surface area (Å²) in [5.41, 5.74) is 2.73. The van der Waals surface area contributed by atoms with Gasteiger partial charge in [0.1, 0.15) is 29.2 Å². The van der Waals surface area contributed by atoms with Crippen molar-refractivity contribution >= 4 is 28.8 Å². The van der Waals surface area contributed by atoms with E-state index >= 15 is 0 Å². The molecule has 1 aliphatic carbocycles. The Morgan fingerprint density at radius 3 is 2.38 bits per heavy atom. The topological polar surface area (TPSA) is 157 Å². The van der Waals surface area contributed by atoms with Crippen LogP contribution in [-0.4, -0.2) is 70.3 Å². The maximum atomic E-state index is 12.8. The number of carbonyl (C=O) groups excluding carboxylic acids is 2. The van der Waals surface area contributed by atoms with Crippen molar-refractivity contribution in [3.63, 3.8) is 0 Å². The molecular weight excluding hydrogens is 416 g/mol. The number of anilines is 1. The molecule has 1 aromatic carbocycles. The Bertz CT molecular complexity index is 1300. The SMILES string of the molecule is CC1(C)[C@]2(O)[C@@H](CN3C(=O)c4ccccc4C3=O)O[C@@H](n3cnc4c(N)ncnc43)[C@]12O. The summed E-state index contributed by atoms with van der Waals surface area (Å²) in [4.78, 5) is 39.1. The Labute approximate surface area is 181 Å². The van der Waals surface area contributed by atoms with Crippen molar-refractivity contribution in [2.75, 3.05) is 12.3 Å². The molecule has 11 nitrogen and oxygen atoms in total. The second-order valence-electron chi connectivity index (χ2n) is 8.98. The van der Waals surface area contributed by atoms with Crippen LogP contribution in [0.3, 0.4) is 0 Å². The molecule has 1 saturated heterocycles. The van der Waals surface area contributed by atoms with Gasteiger partial charge in [0, 0.05) is 5.41 Å². The average Bonchev–Trinajstić information content (AvgIpc) is 3.21. The molecule has 11 heteroatoms. The van der Waals surface area contributed by atoms with Gasteiger partial charge < -0.3 is 20.7 Å². The zero-order chi connectivity index (χ0) is 22.6. The molecule has 2 aromatic heterocycles. The van der Waals surface area contributed by atoms with Gasteiger partial charge in [-0.25, -0.2) is 15.0 Å². The molecule has 4 N–H and O–H groups in total. The number of nitrogens with two attached hydrogens (primary N) is 1. The highest BCUT2D eigenvalue weighted by Gasteiger charge is 2.92. The number of imidazole rings is 1. The average molecular weight is 436 g/mol. The molecule has 4 heterocycles. The quantitative estimate of drug-likeness (QED) is 0.485. The summed E-state index contributed by atoms with van der Waals surface area (Å²) >= 11 is 0. The first-order valence-electron chi connectivity index (χ1n) is 10.1. The van der Waals surface area contributed by atoms with E-state index in [2.05, 4.69) is 15.0 Å². The first-order valence-corrected chi connectivity index (χ1v) is 10.1. The number of fused-ring (bicyclic) bond motifs is 3. The highest BCUT2D eigenvalue weighted by atomic mass is 16.6. The fourth-order valence-corrected chi connectivity index (χ4v) is 5.45. The number of benzene rings is 1. The van der Waals surface area contributed by atoms with E-state index in [0.717, 1.165) is 4.90 Å². The monoisotopic (exact) mass is 436 g/mol. The van der Waals surface area contributed by atoms with Crippen molar-refractivity contribution in [3.8, 4) is 0 Å². The Morgan fingerprint density at radius 1 is 1.06 bits per heavy atom. The summed E-state index contributed by atoms with van der Waals surface area (Å²) in [7, 11) is 0. The van der Waals surface area contributed by atoms with Gasteiger partial charge in [-0.15, -0.1) is 0 Å². The lowest BCUT2D eigenvalue weighted by Crippen LogP contribution is -2.45. The van der Waals surface area contributed by atoms with Crippen molar-refractivity contribution in [3.05, 3.63) is 48.0 Å². The van der Waals surface area contributed by atoms with E-state index in [9.17, 15) is 19.8 Å². The highest BCUT2D eigenvalue weighted by Crippen LogP contribution is 2.75. The van der Waals surface area contributed by atoms with E-state index in [1.54, 1.807) is 38.1 Å². The van der Waals surface area contributed by atoms with Crippen LogP contribution in [0.2, 0.25) is 0 Å². The molecule has 0 radical (unpaired) electrons. The minimum atomic E-state index is -1.71. The number of aliphatic hydroxyl groups is 2. The summed E-state index contributed by atoms with van der Waals surface area (Å²) in [5, 5.41) is 23.1. The van der Waals surface area contributed by atoms with E-state index in [1.807, 2.05) is 0 Å². The number of nitrogen functional groups attached to an aromatic ring is 1. The molecule has 0 bridgehead atoms. The first-order chi connectivity index (χ1) is 15.1. The van der Waals surface area contributed by atoms with Crippen molar-refractivity contribution < 1.29 is 24.5 Å². The van der Waals surface area contributed by atoms with Crippen LogP contribution >= 0.6 is 0 Å². The van der Waals surface area contributed by atoms with Crippen LogP contribution in [0, 0.1) is 5.41 Å². The van der Waals surface area contributed by atoms with Gasteiger partial charge in [0.25, 0.3) is 11.8 Å². The van der Waals surface area contributed by atoms with Crippen LogP contribution in [0.1, 0.15) is 40.8 Å². The lowest BCUT2D eigenvalue weighted by Gasteiger charge is -2.29.